The Morgan fingerprint density at radius 3 is 2.94 bits per heavy atom. The van der Waals surface area contributed by atoms with E-state index in [0.717, 1.165) is 16.8 Å². The highest BCUT2D eigenvalue weighted by atomic mass is 35.5. The van der Waals surface area contributed by atoms with E-state index >= 15 is 0 Å². The number of H-pyrrole nitrogens is 1. The molecule has 82 valence electrons. The number of nitrogens with one attached hydrogen (secondary N) is 1. The van der Waals surface area contributed by atoms with E-state index in [0.29, 0.717) is 11.3 Å². The molecule has 0 radical (unpaired) electrons. The van der Waals surface area contributed by atoms with Crippen molar-refractivity contribution in [2.24, 2.45) is 0 Å². The van der Waals surface area contributed by atoms with Gasteiger partial charge in [-0.2, -0.15) is 0 Å². The maximum Gasteiger partial charge on any atom is 0.189 e. The smallest absolute Gasteiger partial charge is 0.189 e. The number of hydrogen-bond donors (Lipinski definition) is 1. The van der Waals surface area contributed by atoms with Gasteiger partial charge in [-0.05, 0) is 24.6 Å². The molecule has 2 rings (SSSR count). The lowest BCUT2D eigenvalue weighted by Crippen LogP contribution is -2.02. The third-order valence-electron chi connectivity index (χ3n) is 2.39. The highest BCUT2D eigenvalue weighted by Crippen LogP contribution is 2.12. The molecular formula is C13H12ClNO. The molecule has 2 aromatic rings. The van der Waals surface area contributed by atoms with Gasteiger partial charge in [-0.1, -0.05) is 18.2 Å². The lowest BCUT2D eigenvalue weighted by molar-refractivity contribution is 1.24. The minimum atomic E-state index is 0.0485. The Balaban J connectivity index is 2.62. The van der Waals surface area contributed by atoms with Gasteiger partial charge in [-0.3, -0.25) is 4.79 Å². The summed E-state index contributed by atoms with van der Waals surface area (Å²) < 4.78 is 0. The van der Waals surface area contributed by atoms with E-state index in [9.17, 15) is 4.79 Å². The molecule has 3 heteroatoms. The Kier molecular flexibility index (Phi) is 3.11. The number of fused-ring (bicyclic) bond motifs is 1. The average Bonchev–Trinajstić information content (AvgIpc) is 2.26. The summed E-state index contributed by atoms with van der Waals surface area (Å²) in [5.74, 6) is 0.474. The third-order valence-corrected chi connectivity index (χ3v) is 2.57. The maximum atomic E-state index is 11.8. The number of halogens is 1. The van der Waals surface area contributed by atoms with Crippen molar-refractivity contribution < 1.29 is 0 Å². The first kappa shape index (κ1) is 11.0. The monoisotopic (exact) mass is 233 g/mol. The second-order valence-corrected chi connectivity index (χ2v) is 3.99. The van der Waals surface area contributed by atoms with Crippen molar-refractivity contribution >= 4 is 28.6 Å². The summed E-state index contributed by atoms with van der Waals surface area (Å²) in [7, 11) is 0. The second kappa shape index (κ2) is 4.54. The molecule has 0 unspecified atom stereocenters. The van der Waals surface area contributed by atoms with Crippen LogP contribution in [0.3, 0.4) is 0 Å². The summed E-state index contributed by atoms with van der Waals surface area (Å²) in [5.41, 5.74) is 2.78. The van der Waals surface area contributed by atoms with Gasteiger partial charge in [0.2, 0.25) is 0 Å². The van der Waals surface area contributed by atoms with E-state index in [2.05, 4.69) is 4.98 Å². The standard InChI is InChI=1S/C13H12ClNO/c1-9-7-13(16)11-8-10(3-2-6-14)4-5-12(11)15-9/h2-5,7-8H,6H2,1H3,(H,15,16). The van der Waals surface area contributed by atoms with E-state index in [1.165, 1.54) is 0 Å². The first-order valence-electron chi connectivity index (χ1n) is 5.07. The first-order valence-corrected chi connectivity index (χ1v) is 5.60. The molecule has 16 heavy (non-hydrogen) atoms. The quantitative estimate of drug-likeness (QED) is 0.795. The second-order valence-electron chi connectivity index (χ2n) is 3.68. The van der Waals surface area contributed by atoms with Crippen molar-refractivity contribution in [2.75, 3.05) is 5.88 Å². The maximum absolute atomic E-state index is 11.8. The van der Waals surface area contributed by atoms with Crippen LogP contribution in [0.5, 0.6) is 0 Å². The number of hydrogen-bond acceptors (Lipinski definition) is 1. The molecule has 1 aromatic carbocycles. The van der Waals surface area contributed by atoms with Crippen LogP contribution in [0.15, 0.2) is 35.1 Å². The zero-order chi connectivity index (χ0) is 11.5. The molecule has 1 N–H and O–H groups in total. The summed E-state index contributed by atoms with van der Waals surface area (Å²) in [5, 5.41) is 0.710. The fraction of sp³-hybridized carbons (Fsp3) is 0.154. The zero-order valence-corrected chi connectivity index (χ0v) is 9.71. The molecule has 0 atom stereocenters. The number of pyridine rings is 1. The predicted molar refractivity (Wildman–Crippen MR) is 69.1 cm³/mol. The summed E-state index contributed by atoms with van der Waals surface area (Å²) >= 11 is 5.57. The van der Waals surface area contributed by atoms with Gasteiger partial charge in [0.05, 0.1) is 0 Å². The summed E-state index contributed by atoms with van der Waals surface area (Å²) in [6.07, 6.45) is 3.76. The van der Waals surface area contributed by atoms with Gasteiger partial charge < -0.3 is 4.98 Å². The number of aromatic nitrogens is 1. The number of rotatable bonds is 2. The van der Waals surface area contributed by atoms with Crippen LogP contribution in [0.1, 0.15) is 11.3 Å². The predicted octanol–water partition coefficient (Wildman–Crippen LogP) is 3.09. The van der Waals surface area contributed by atoms with Crippen LogP contribution < -0.4 is 5.43 Å². The molecule has 0 aliphatic carbocycles. The van der Waals surface area contributed by atoms with E-state index in [4.69, 9.17) is 11.6 Å². The highest BCUT2D eigenvalue weighted by Gasteiger charge is 1.99. The van der Waals surface area contributed by atoms with Gasteiger partial charge in [0.15, 0.2) is 5.43 Å². The molecule has 0 saturated carbocycles. The van der Waals surface area contributed by atoms with E-state index in [-0.39, 0.29) is 5.43 Å². The SMILES string of the molecule is Cc1cc(=O)c2cc(C=CCCl)ccc2[nH]1. The topological polar surface area (TPSA) is 32.9 Å². The molecule has 0 spiro atoms. The molecular weight excluding hydrogens is 222 g/mol. The van der Waals surface area contributed by atoms with Crippen molar-refractivity contribution in [3.63, 3.8) is 0 Å². The van der Waals surface area contributed by atoms with Crippen molar-refractivity contribution in [3.8, 4) is 0 Å². The van der Waals surface area contributed by atoms with Gasteiger partial charge >= 0.3 is 0 Å². The number of aromatic amines is 1. The molecule has 0 fully saturated rings. The Bertz CT molecular complexity index is 598. The van der Waals surface area contributed by atoms with Crippen LogP contribution in [-0.4, -0.2) is 10.9 Å². The molecule has 0 amide bonds. The largest absolute Gasteiger partial charge is 0.358 e. The molecule has 1 heterocycles. The Labute approximate surface area is 98.6 Å². The van der Waals surface area contributed by atoms with Crippen LogP contribution in [0.4, 0.5) is 0 Å². The minimum Gasteiger partial charge on any atom is -0.358 e. The van der Waals surface area contributed by atoms with Crippen molar-refractivity contribution in [1.82, 2.24) is 4.98 Å². The number of benzene rings is 1. The van der Waals surface area contributed by atoms with Gasteiger partial charge in [-0.15, -0.1) is 11.6 Å². The van der Waals surface area contributed by atoms with E-state index < -0.39 is 0 Å². The average molecular weight is 234 g/mol. The van der Waals surface area contributed by atoms with Crippen molar-refractivity contribution in [1.29, 1.82) is 0 Å². The van der Waals surface area contributed by atoms with Crippen molar-refractivity contribution in [2.45, 2.75) is 6.92 Å². The first-order chi connectivity index (χ1) is 7.70. The Morgan fingerprint density at radius 1 is 1.38 bits per heavy atom. The molecule has 1 aromatic heterocycles. The van der Waals surface area contributed by atoms with Crippen LogP contribution in [0.25, 0.3) is 17.0 Å². The van der Waals surface area contributed by atoms with Crippen LogP contribution >= 0.6 is 11.6 Å². The summed E-state index contributed by atoms with van der Waals surface area (Å²) in [6, 6.07) is 7.35. The normalized spacial score (nSPS) is 11.4. The molecule has 2 nitrogen and oxygen atoms in total. The van der Waals surface area contributed by atoms with Crippen LogP contribution in [0.2, 0.25) is 0 Å². The number of alkyl halides is 1. The van der Waals surface area contributed by atoms with Gasteiger partial charge in [0.25, 0.3) is 0 Å². The fourth-order valence-electron chi connectivity index (χ4n) is 1.68. The van der Waals surface area contributed by atoms with Gasteiger partial charge in [0.1, 0.15) is 0 Å². The highest BCUT2D eigenvalue weighted by molar-refractivity contribution is 6.19. The molecule has 0 aliphatic heterocycles. The van der Waals surface area contributed by atoms with Crippen LogP contribution in [-0.2, 0) is 0 Å². The molecule has 0 saturated heterocycles. The Hall–Kier alpha value is -1.54. The fourth-order valence-corrected chi connectivity index (χ4v) is 1.77. The molecule has 0 aliphatic rings. The third kappa shape index (κ3) is 2.17. The zero-order valence-electron chi connectivity index (χ0n) is 8.96. The lowest BCUT2D eigenvalue weighted by Gasteiger charge is -2.01. The van der Waals surface area contributed by atoms with Crippen molar-refractivity contribution in [3.05, 3.63) is 51.8 Å². The lowest BCUT2D eigenvalue weighted by atomic mass is 10.1. The van der Waals surface area contributed by atoms with Crippen LogP contribution in [0, 0.1) is 6.92 Å². The number of allylic oxidation sites excluding steroid dienone is 1. The minimum absolute atomic E-state index is 0.0485. The Morgan fingerprint density at radius 2 is 2.19 bits per heavy atom. The van der Waals surface area contributed by atoms with Gasteiger partial charge in [-0.25, -0.2) is 0 Å². The number of aryl methyl sites for hydroxylation is 1. The van der Waals surface area contributed by atoms with E-state index in [1.807, 2.05) is 37.3 Å². The van der Waals surface area contributed by atoms with E-state index in [1.54, 1.807) is 6.07 Å². The summed E-state index contributed by atoms with van der Waals surface area (Å²) in [6.45, 7) is 1.88. The van der Waals surface area contributed by atoms with Gasteiger partial charge in [0, 0.05) is 28.5 Å². The summed E-state index contributed by atoms with van der Waals surface area (Å²) in [4.78, 5) is 14.9. The molecule has 0 bridgehead atoms.